The molecule has 0 saturated heterocycles. The highest BCUT2D eigenvalue weighted by atomic mass is 16.4. The molecule has 0 aliphatic heterocycles. The number of hydrogen-bond acceptors (Lipinski definition) is 3. The zero-order valence-corrected chi connectivity index (χ0v) is 9.96. The van der Waals surface area contributed by atoms with Crippen LogP contribution in [0.1, 0.15) is 44.2 Å². The minimum atomic E-state index is -0.965. The summed E-state index contributed by atoms with van der Waals surface area (Å²) in [6.45, 7) is 3.60. The molecule has 1 saturated carbocycles. The molecular formula is C12H16N2O3. The van der Waals surface area contributed by atoms with Crippen molar-refractivity contribution in [1.82, 2.24) is 9.55 Å². The molecule has 1 aliphatic carbocycles. The number of carbonyl (C=O) groups is 1. The van der Waals surface area contributed by atoms with E-state index in [0.717, 1.165) is 12.8 Å². The quantitative estimate of drug-likeness (QED) is 0.857. The molecule has 0 aromatic carbocycles. The topological polar surface area (TPSA) is 72.2 Å². The molecule has 0 radical (unpaired) electrons. The summed E-state index contributed by atoms with van der Waals surface area (Å²) in [5, 5.41) is 9.19. The lowest BCUT2D eigenvalue weighted by Gasteiger charge is -2.16. The second-order valence-corrected chi connectivity index (χ2v) is 4.85. The highest BCUT2D eigenvalue weighted by molar-refractivity contribution is 5.76. The van der Waals surface area contributed by atoms with Crippen LogP contribution in [-0.4, -0.2) is 20.6 Å². The van der Waals surface area contributed by atoms with Gasteiger partial charge >= 0.3 is 5.97 Å². The lowest BCUT2D eigenvalue weighted by Crippen LogP contribution is -2.30. The van der Waals surface area contributed by atoms with Crippen LogP contribution in [0.5, 0.6) is 0 Å². The molecule has 1 N–H and O–H groups in total. The fraction of sp³-hybridized carbons (Fsp3) is 0.583. The van der Waals surface area contributed by atoms with E-state index in [1.165, 1.54) is 12.5 Å². The van der Waals surface area contributed by atoms with Crippen molar-refractivity contribution in [2.24, 2.45) is 5.92 Å². The van der Waals surface area contributed by atoms with E-state index in [1.54, 1.807) is 18.4 Å². The van der Waals surface area contributed by atoms with Crippen LogP contribution in [0.2, 0.25) is 0 Å². The van der Waals surface area contributed by atoms with Gasteiger partial charge in [0.15, 0.2) is 0 Å². The Morgan fingerprint density at radius 1 is 1.53 bits per heavy atom. The highest BCUT2D eigenvalue weighted by Crippen LogP contribution is 2.33. The Kier molecular flexibility index (Phi) is 3.00. The van der Waals surface area contributed by atoms with Crippen LogP contribution < -0.4 is 5.56 Å². The van der Waals surface area contributed by atoms with Crippen molar-refractivity contribution in [2.75, 3.05) is 0 Å². The Morgan fingerprint density at radius 3 is 2.65 bits per heavy atom. The molecule has 1 unspecified atom stereocenters. The molecular weight excluding hydrogens is 220 g/mol. The third-order valence-corrected chi connectivity index (χ3v) is 3.09. The first kappa shape index (κ1) is 11.8. The summed E-state index contributed by atoms with van der Waals surface area (Å²) in [6, 6.07) is 0.219. The van der Waals surface area contributed by atoms with Crippen LogP contribution in [0.25, 0.3) is 0 Å². The van der Waals surface area contributed by atoms with E-state index in [0.29, 0.717) is 5.56 Å². The minimum absolute atomic E-state index is 0.128. The summed E-state index contributed by atoms with van der Waals surface area (Å²) < 4.78 is 1.56. The average molecular weight is 236 g/mol. The molecule has 1 aliphatic rings. The lowest BCUT2D eigenvalue weighted by atomic mass is 9.90. The predicted molar refractivity (Wildman–Crippen MR) is 62.0 cm³/mol. The fourth-order valence-electron chi connectivity index (χ4n) is 2.05. The Hall–Kier alpha value is -1.65. The maximum absolute atomic E-state index is 12.2. The van der Waals surface area contributed by atoms with Crippen molar-refractivity contribution >= 4 is 5.97 Å². The van der Waals surface area contributed by atoms with Gasteiger partial charge in [0.25, 0.3) is 5.56 Å². The number of nitrogens with zero attached hydrogens (tertiary/aromatic N) is 2. The molecule has 5 nitrogen and oxygen atoms in total. The first-order chi connectivity index (χ1) is 8.02. The molecule has 2 rings (SSSR count). The van der Waals surface area contributed by atoms with E-state index in [-0.39, 0.29) is 17.5 Å². The minimum Gasteiger partial charge on any atom is -0.481 e. The molecule has 1 aromatic rings. The van der Waals surface area contributed by atoms with E-state index in [2.05, 4.69) is 4.98 Å². The summed E-state index contributed by atoms with van der Waals surface area (Å²) in [5.41, 5.74) is 0.0884. The standard InChI is InChI=1S/C12H16N2O3/c1-7(2)10(12(16)17)9-5-13-6-14(11(9)15)8-3-4-8/h5-8,10H,3-4H2,1-2H3,(H,16,17). The molecule has 0 spiro atoms. The number of hydrogen-bond donors (Lipinski definition) is 1. The normalized spacial score (nSPS) is 17.1. The van der Waals surface area contributed by atoms with Gasteiger partial charge in [-0.1, -0.05) is 13.8 Å². The van der Waals surface area contributed by atoms with Gasteiger partial charge in [-0.15, -0.1) is 0 Å². The van der Waals surface area contributed by atoms with E-state index >= 15 is 0 Å². The lowest BCUT2D eigenvalue weighted by molar-refractivity contribution is -0.139. The Morgan fingerprint density at radius 2 is 2.18 bits per heavy atom. The monoisotopic (exact) mass is 236 g/mol. The molecule has 1 fully saturated rings. The van der Waals surface area contributed by atoms with Gasteiger partial charge in [0.2, 0.25) is 0 Å². The predicted octanol–water partition coefficient (Wildman–Crippen LogP) is 1.40. The maximum Gasteiger partial charge on any atom is 0.311 e. The van der Waals surface area contributed by atoms with Gasteiger partial charge in [-0.05, 0) is 18.8 Å². The van der Waals surface area contributed by atoms with E-state index in [9.17, 15) is 14.7 Å². The van der Waals surface area contributed by atoms with Crippen LogP contribution in [0.15, 0.2) is 17.3 Å². The molecule has 0 bridgehead atoms. The van der Waals surface area contributed by atoms with Gasteiger partial charge in [-0.25, -0.2) is 4.98 Å². The van der Waals surface area contributed by atoms with Crippen molar-refractivity contribution in [3.05, 3.63) is 28.4 Å². The zero-order chi connectivity index (χ0) is 12.6. The molecule has 1 atom stereocenters. The largest absolute Gasteiger partial charge is 0.481 e. The van der Waals surface area contributed by atoms with Crippen molar-refractivity contribution in [2.45, 2.75) is 38.6 Å². The SMILES string of the molecule is CC(C)C(C(=O)O)c1cncn(C2CC2)c1=O. The highest BCUT2D eigenvalue weighted by Gasteiger charge is 2.30. The molecule has 17 heavy (non-hydrogen) atoms. The second-order valence-electron chi connectivity index (χ2n) is 4.85. The second kappa shape index (κ2) is 4.31. The van der Waals surface area contributed by atoms with E-state index in [4.69, 9.17) is 0 Å². The number of carboxylic acids is 1. The summed E-state index contributed by atoms with van der Waals surface area (Å²) in [7, 11) is 0. The van der Waals surface area contributed by atoms with Crippen LogP contribution in [-0.2, 0) is 4.79 Å². The van der Waals surface area contributed by atoms with Crippen molar-refractivity contribution in [3.63, 3.8) is 0 Å². The van der Waals surface area contributed by atoms with Crippen molar-refractivity contribution in [3.8, 4) is 0 Å². The summed E-state index contributed by atoms with van der Waals surface area (Å²) in [5.74, 6) is -1.87. The Bertz CT molecular complexity index is 489. The van der Waals surface area contributed by atoms with Crippen molar-refractivity contribution in [1.29, 1.82) is 0 Å². The van der Waals surface area contributed by atoms with Gasteiger partial charge in [0.1, 0.15) is 0 Å². The molecule has 5 heteroatoms. The maximum atomic E-state index is 12.2. The van der Waals surface area contributed by atoms with Gasteiger partial charge in [0, 0.05) is 12.2 Å². The number of aromatic nitrogens is 2. The third kappa shape index (κ3) is 2.23. The van der Waals surface area contributed by atoms with Crippen LogP contribution in [0.4, 0.5) is 0 Å². The molecule has 1 aromatic heterocycles. The van der Waals surface area contributed by atoms with Crippen LogP contribution in [0.3, 0.4) is 0 Å². The summed E-state index contributed by atoms with van der Waals surface area (Å²) in [4.78, 5) is 27.4. The Labute approximate surface area is 99.1 Å². The van der Waals surface area contributed by atoms with Crippen LogP contribution in [0, 0.1) is 5.92 Å². The fourth-order valence-corrected chi connectivity index (χ4v) is 2.05. The number of aliphatic carboxylic acids is 1. The van der Waals surface area contributed by atoms with Gasteiger partial charge < -0.3 is 5.11 Å². The first-order valence-corrected chi connectivity index (χ1v) is 5.81. The summed E-state index contributed by atoms with van der Waals surface area (Å²) in [6.07, 6.45) is 4.84. The van der Waals surface area contributed by atoms with Gasteiger partial charge in [-0.2, -0.15) is 0 Å². The third-order valence-electron chi connectivity index (χ3n) is 3.09. The van der Waals surface area contributed by atoms with Crippen LogP contribution >= 0.6 is 0 Å². The molecule has 0 amide bonds. The zero-order valence-electron chi connectivity index (χ0n) is 9.96. The van der Waals surface area contributed by atoms with Crippen molar-refractivity contribution < 1.29 is 9.90 Å². The van der Waals surface area contributed by atoms with E-state index in [1.807, 2.05) is 0 Å². The molecule has 1 heterocycles. The van der Waals surface area contributed by atoms with E-state index < -0.39 is 11.9 Å². The van der Waals surface area contributed by atoms with Gasteiger partial charge in [0.05, 0.1) is 17.8 Å². The Balaban J connectivity index is 2.47. The summed E-state index contributed by atoms with van der Waals surface area (Å²) >= 11 is 0. The number of carboxylic acid groups (broad SMARTS) is 1. The van der Waals surface area contributed by atoms with Gasteiger partial charge in [-0.3, -0.25) is 14.2 Å². The smallest absolute Gasteiger partial charge is 0.311 e. The average Bonchev–Trinajstić information content (AvgIpc) is 3.03. The first-order valence-electron chi connectivity index (χ1n) is 5.81. The number of rotatable bonds is 4. The molecule has 92 valence electrons.